The molecular weight excluding hydrogens is 465 g/mol. The summed E-state index contributed by atoms with van der Waals surface area (Å²) in [6, 6.07) is 9.74. The molecule has 0 aliphatic rings. The number of benzene rings is 1. The molecule has 0 fully saturated rings. The largest absolute Gasteiger partial charge is 0.437 e. The Balaban J connectivity index is 1.72. The normalized spacial score (nSPS) is 11.5. The number of fused-ring (bicyclic) bond motifs is 1. The van der Waals surface area contributed by atoms with E-state index in [1.165, 1.54) is 25.5 Å². The van der Waals surface area contributed by atoms with Crippen molar-refractivity contribution in [2.75, 3.05) is 11.8 Å². The molecule has 0 unspecified atom stereocenters. The van der Waals surface area contributed by atoms with E-state index in [4.69, 9.17) is 9.15 Å². The van der Waals surface area contributed by atoms with Gasteiger partial charge in [0.1, 0.15) is 11.3 Å². The first kappa shape index (κ1) is 23.3. The van der Waals surface area contributed by atoms with Gasteiger partial charge in [-0.2, -0.15) is 13.5 Å². The minimum atomic E-state index is -3.96. The number of rotatable bonds is 8. The van der Waals surface area contributed by atoms with Crippen molar-refractivity contribution in [3.05, 3.63) is 81.7 Å². The number of nitrogens with zero attached hydrogens (tertiary/aromatic N) is 3. The molecule has 0 saturated heterocycles. The number of hydrogen-bond donors (Lipinski definition) is 2. The van der Waals surface area contributed by atoms with Crippen molar-refractivity contribution in [1.29, 1.82) is 0 Å². The predicted molar refractivity (Wildman–Crippen MR) is 123 cm³/mol. The van der Waals surface area contributed by atoms with Crippen LogP contribution in [0.4, 0.5) is 10.2 Å². The lowest BCUT2D eigenvalue weighted by atomic mass is 9.97. The molecule has 12 heteroatoms. The summed E-state index contributed by atoms with van der Waals surface area (Å²) in [4.78, 5) is 16.6. The minimum absolute atomic E-state index is 0.0905. The second-order valence-corrected chi connectivity index (χ2v) is 8.76. The number of nitrogens with one attached hydrogen (secondary N) is 2. The van der Waals surface area contributed by atoms with Crippen LogP contribution in [0.2, 0.25) is 0 Å². The highest BCUT2D eigenvalue weighted by atomic mass is 32.2. The van der Waals surface area contributed by atoms with Crippen LogP contribution in [0.25, 0.3) is 11.0 Å². The van der Waals surface area contributed by atoms with Gasteiger partial charge in [0.2, 0.25) is 5.88 Å². The molecule has 0 atom stereocenters. The van der Waals surface area contributed by atoms with Crippen LogP contribution in [0, 0.1) is 5.82 Å². The van der Waals surface area contributed by atoms with Crippen LogP contribution in [0.15, 0.2) is 58.0 Å². The molecule has 0 aliphatic carbocycles. The molecular formula is C22H20FN5O5S. The van der Waals surface area contributed by atoms with Gasteiger partial charge in [-0.25, -0.2) is 18.9 Å². The van der Waals surface area contributed by atoms with Crippen LogP contribution in [-0.2, 0) is 23.1 Å². The first-order chi connectivity index (χ1) is 16.3. The Kier molecular flexibility index (Phi) is 6.52. The first-order valence-corrected chi connectivity index (χ1v) is 11.7. The highest BCUT2D eigenvalue weighted by Gasteiger charge is 2.19. The fourth-order valence-corrected chi connectivity index (χ4v) is 3.95. The lowest BCUT2D eigenvalue weighted by Crippen LogP contribution is -2.27. The van der Waals surface area contributed by atoms with Crippen molar-refractivity contribution in [1.82, 2.24) is 19.9 Å². The van der Waals surface area contributed by atoms with Gasteiger partial charge in [0.25, 0.3) is 10.2 Å². The van der Waals surface area contributed by atoms with Crippen molar-refractivity contribution in [3.8, 4) is 11.6 Å². The van der Waals surface area contributed by atoms with E-state index in [2.05, 4.69) is 15.2 Å². The summed E-state index contributed by atoms with van der Waals surface area (Å²) < 4.78 is 53.6. The standard InChI is InChI=1S/C22H20FN5O5S/c1-3-15-16-7-6-14(32-19-5-4-9-26-27-19)12-18(16)33-22(29)17(15)11-13-8-10-25-21(20(13)23)28-34(30,31)24-2/h4-10,12,24H,3,11H2,1-2H3,(H,25,28). The number of aromatic nitrogens is 3. The molecule has 176 valence electrons. The fraction of sp³-hybridized carbons (Fsp3) is 0.182. The maximum absolute atomic E-state index is 15.0. The van der Waals surface area contributed by atoms with Crippen molar-refractivity contribution in [2.24, 2.45) is 0 Å². The molecule has 34 heavy (non-hydrogen) atoms. The highest BCUT2D eigenvalue weighted by molar-refractivity contribution is 7.90. The van der Waals surface area contributed by atoms with Gasteiger partial charge in [0, 0.05) is 48.9 Å². The number of pyridine rings is 1. The van der Waals surface area contributed by atoms with Crippen molar-refractivity contribution in [2.45, 2.75) is 19.8 Å². The maximum atomic E-state index is 15.0. The van der Waals surface area contributed by atoms with Crippen molar-refractivity contribution in [3.63, 3.8) is 0 Å². The first-order valence-electron chi connectivity index (χ1n) is 10.2. The quantitative estimate of drug-likeness (QED) is 0.364. The number of anilines is 1. The topological polar surface area (TPSA) is 136 Å². The van der Waals surface area contributed by atoms with E-state index < -0.39 is 27.5 Å². The monoisotopic (exact) mass is 485 g/mol. The molecule has 4 rings (SSSR count). The SMILES string of the molecule is CCc1c(Cc2ccnc(NS(=O)(=O)NC)c2F)c(=O)oc2cc(Oc3cccnn3)ccc12. The van der Waals surface area contributed by atoms with E-state index in [0.29, 0.717) is 28.7 Å². The molecule has 0 saturated carbocycles. The molecule has 0 amide bonds. The smallest absolute Gasteiger partial charge is 0.340 e. The molecule has 2 N–H and O–H groups in total. The Bertz CT molecular complexity index is 1510. The Morgan fingerprint density at radius 2 is 1.97 bits per heavy atom. The van der Waals surface area contributed by atoms with Crippen LogP contribution in [-0.4, -0.2) is 30.6 Å². The van der Waals surface area contributed by atoms with Crippen LogP contribution < -0.4 is 19.8 Å². The number of hydrogen-bond acceptors (Lipinski definition) is 8. The van der Waals surface area contributed by atoms with Gasteiger partial charge < -0.3 is 9.15 Å². The van der Waals surface area contributed by atoms with E-state index >= 15 is 0 Å². The number of ether oxygens (including phenoxy) is 1. The Hall–Kier alpha value is -3.90. The van der Waals surface area contributed by atoms with Crippen LogP contribution >= 0.6 is 0 Å². The van der Waals surface area contributed by atoms with Gasteiger partial charge in [-0.3, -0.25) is 4.72 Å². The summed E-state index contributed by atoms with van der Waals surface area (Å²) in [6.07, 6.45) is 3.15. The molecule has 3 heterocycles. The third-order valence-corrected chi connectivity index (χ3v) is 6.05. The van der Waals surface area contributed by atoms with Gasteiger partial charge in [-0.1, -0.05) is 6.92 Å². The van der Waals surface area contributed by atoms with Crippen molar-refractivity contribution < 1.29 is 22.0 Å². The second-order valence-electron chi connectivity index (χ2n) is 7.14. The Morgan fingerprint density at radius 3 is 2.68 bits per heavy atom. The van der Waals surface area contributed by atoms with E-state index in [0.717, 1.165) is 0 Å². The van der Waals surface area contributed by atoms with E-state index in [-0.39, 0.29) is 23.4 Å². The molecule has 0 radical (unpaired) electrons. The molecule has 0 spiro atoms. The summed E-state index contributed by atoms with van der Waals surface area (Å²) in [5.41, 5.74) is 0.725. The average Bonchev–Trinajstić information content (AvgIpc) is 2.82. The van der Waals surface area contributed by atoms with Crippen molar-refractivity contribution >= 4 is 27.0 Å². The zero-order chi connectivity index (χ0) is 24.3. The summed E-state index contributed by atoms with van der Waals surface area (Å²) >= 11 is 0. The molecule has 4 aromatic rings. The Morgan fingerprint density at radius 1 is 1.15 bits per heavy atom. The van der Waals surface area contributed by atoms with E-state index in [1.54, 1.807) is 30.3 Å². The van der Waals surface area contributed by atoms with Crippen LogP contribution in [0.3, 0.4) is 0 Å². The van der Waals surface area contributed by atoms with Gasteiger partial charge in [0.05, 0.1) is 0 Å². The predicted octanol–water partition coefficient (Wildman–Crippen LogP) is 2.94. The lowest BCUT2D eigenvalue weighted by molar-refractivity contribution is 0.453. The zero-order valence-corrected chi connectivity index (χ0v) is 19.0. The molecule has 1 aromatic carbocycles. The number of halogens is 1. The third-order valence-electron chi connectivity index (χ3n) is 5.05. The number of aryl methyl sites for hydroxylation is 1. The second kappa shape index (κ2) is 9.53. The average molecular weight is 485 g/mol. The van der Waals surface area contributed by atoms with Gasteiger partial charge in [-0.05, 0) is 41.8 Å². The fourth-order valence-electron chi connectivity index (χ4n) is 3.45. The minimum Gasteiger partial charge on any atom is -0.437 e. The third kappa shape index (κ3) is 4.87. The zero-order valence-electron chi connectivity index (χ0n) is 18.2. The molecule has 0 bridgehead atoms. The van der Waals surface area contributed by atoms with Crippen LogP contribution in [0.5, 0.6) is 11.6 Å². The molecule has 10 nitrogen and oxygen atoms in total. The van der Waals surface area contributed by atoms with E-state index in [1.807, 2.05) is 16.4 Å². The highest BCUT2D eigenvalue weighted by Crippen LogP contribution is 2.29. The van der Waals surface area contributed by atoms with E-state index in [9.17, 15) is 17.6 Å². The van der Waals surface area contributed by atoms with Gasteiger partial charge in [-0.15, -0.1) is 5.10 Å². The Labute approximate surface area is 194 Å². The summed E-state index contributed by atoms with van der Waals surface area (Å²) in [5.74, 6) is -0.654. The van der Waals surface area contributed by atoms with Crippen LogP contribution in [0.1, 0.15) is 23.6 Å². The lowest BCUT2D eigenvalue weighted by Gasteiger charge is -2.13. The maximum Gasteiger partial charge on any atom is 0.340 e. The summed E-state index contributed by atoms with van der Waals surface area (Å²) in [7, 11) is -2.78. The van der Waals surface area contributed by atoms with Gasteiger partial charge >= 0.3 is 5.63 Å². The molecule has 0 aliphatic heterocycles. The molecule has 3 aromatic heterocycles. The van der Waals surface area contributed by atoms with Gasteiger partial charge in [0.15, 0.2) is 11.6 Å². The summed E-state index contributed by atoms with van der Waals surface area (Å²) in [5, 5.41) is 8.28. The summed E-state index contributed by atoms with van der Waals surface area (Å²) in [6.45, 7) is 1.87.